The lowest BCUT2D eigenvalue weighted by Gasteiger charge is -2.27. The minimum absolute atomic E-state index is 0.0215. The van der Waals surface area contributed by atoms with Crippen molar-refractivity contribution in [3.05, 3.63) is 70.2 Å². The van der Waals surface area contributed by atoms with Crippen molar-refractivity contribution in [2.45, 2.75) is 32.5 Å². The van der Waals surface area contributed by atoms with Gasteiger partial charge in [-0.05, 0) is 57.2 Å². The number of ketones is 1. The zero-order valence-corrected chi connectivity index (χ0v) is 23.6. The van der Waals surface area contributed by atoms with Gasteiger partial charge in [-0.2, -0.15) is 15.1 Å². The maximum Gasteiger partial charge on any atom is 0.573 e. The van der Waals surface area contributed by atoms with Gasteiger partial charge in [0.2, 0.25) is 11.8 Å². The normalized spacial score (nSPS) is 17.0. The average Bonchev–Trinajstić information content (AvgIpc) is 3.45. The zero-order chi connectivity index (χ0) is 32.2. The predicted octanol–water partition coefficient (Wildman–Crippen LogP) is 4.98. The molecular formula is C30H21F3N6O6. The number of ether oxygens (including phenoxy) is 2. The number of rotatable bonds is 3. The number of phenolic OH excluding ortho intramolecular Hbond substituents is 2. The van der Waals surface area contributed by atoms with Crippen molar-refractivity contribution >= 4 is 28.8 Å². The largest absolute Gasteiger partial charge is 0.573 e. The Morgan fingerprint density at radius 1 is 0.978 bits per heavy atom. The quantitative estimate of drug-likeness (QED) is 0.214. The number of hydrogen-bond donors (Lipinski definition) is 4. The Balaban J connectivity index is 1.40. The zero-order valence-electron chi connectivity index (χ0n) is 23.6. The molecule has 0 saturated heterocycles. The summed E-state index contributed by atoms with van der Waals surface area (Å²) in [6.45, 7) is 4.67. The fraction of sp³-hybridized carbons (Fsp3) is 0.167. The van der Waals surface area contributed by atoms with E-state index in [0.29, 0.717) is 17.1 Å². The van der Waals surface area contributed by atoms with Gasteiger partial charge in [0.1, 0.15) is 34.2 Å². The summed E-state index contributed by atoms with van der Waals surface area (Å²) >= 11 is 0. The number of aromatic nitrogens is 5. The Labute approximate surface area is 250 Å². The van der Waals surface area contributed by atoms with Crippen molar-refractivity contribution in [2.24, 2.45) is 0 Å². The van der Waals surface area contributed by atoms with Crippen LogP contribution in [0, 0.1) is 13.8 Å². The van der Waals surface area contributed by atoms with Gasteiger partial charge in [-0.1, -0.05) is 0 Å². The molecule has 0 bridgehead atoms. The molecule has 7 rings (SSSR count). The fourth-order valence-corrected chi connectivity index (χ4v) is 5.83. The molecule has 2 aromatic carbocycles. The van der Waals surface area contributed by atoms with E-state index in [9.17, 15) is 33.3 Å². The number of anilines is 1. The second-order valence-corrected chi connectivity index (χ2v) is 10.7. The Bertz CT molecular complexity index is 2160. The maximum atomic E-state index is 14.3. The molecule has 0 radical (unpaired) electrons. The second kappa shape index (κ2) is 9.07. The van der Waals surface area contributed by atoms with Crippen LogP contribution in [0.2, 0.25) is 0 Å². The molecule has 12 nitrogen and oxygen atoms in total. The lowest BCUT2D eigenvalue weighted by molar-refractivity contribution is -0.274. The minimum atomic E-state index is -4.86. The van der Waals surface area contributed by atoms with Crippen molar-refractivity contribution in [3.63, 3.8) is 0 Å². The number of carbonyl (C=O) groups excluding carboxylic acids is 1. The van der Waals surface area contributed by atoms with E-state index in [4.69, 9.17) is 10.5 Å². The predicted molar refractivity (Wildman–Crippen MR) is 152 cm³/mol. The number of aromatic hydroxyl groups is 3. The van der Waals surface area contributed by atoms with Crippen molar-refractivity contribution in [3.8, 4) is 45.8 Å². The van der Waals surface area contributed by atoms with Gasteiger partial charge in [0.25, 0.3) is 0 Å². The first-order valence-electron chi connectivity index (χ1n) is 13.3. The maximum absolute atomic E-state index is 14.3. The van der Waals surface area contributed by atoms with Crippen molar-refractivity contribution in [1.29, 1.82) is 0 Å². The number of aryl methyl sites for hydroxylation is 1. The topological polar surface area (TPSA) is 179 Å². The third kappa shape index (κ3) is 3.96. The molecule has 0 spiro atoms. The second-order valence-electron chi connectivity index (χ2n) is 10.7. The summed E-state index contributed by atoms with van der Waals surface area (Å²) in [5.41, 5.74) is 5.73. The van der Waals surface area contributed by atoms with Gasteiger partial charge < -0.3 is 30.5 Å². The minimum Gasteiger partial charge on any atom is -0.507 e. The van der Waals surface area contributed by atoms with Crippen LogP contribution in [0.1, 0.15) is 39.8 Å². The summed E-state index contributed by atoms with van der Waals surface area (Å²) in [5, 5.41) is 37.4. The number of halogens is 3. The van der Waals surface area contributed by atoms with Crippen molar-refractivity contribution < 1.29 is 42.8 Å². The Hall–Kier alpha value is -5.86. The van der Waals surface area contributed by atoms with E-state index in [0.717, 1.165) is 12.1 Å². The molecule has 1 aliphatic heterocycles. The number of alkyl halides is 3. The van der Waals surface area contributed by atoms with Gasteiger partial charge in [0.15, 0.2) is 11.4 Å². The van der Waals surface area contributed by atoms with E-state index in [1.54, 1.807) is 19.9 Å². The number of Topliss-reactive ketones (excluding diaryl/α,β-unsaturated/α-hetero) is 1. The highest BCUT2D eigenvalue weighted by atomic mass is 19.4. The molecule has 228 valence electrons. The van der Waals surface area contributed by atoms with Crippen molar-refractivity contribution in [1.82, 2.24) is 24.7 Å². The number of hydrogen-bond acceptors (Lipinski definition) is 11. The molecule has 2 aliphatic rings. The summed E-state index contributed by atoms with van der Waals surface area (Å²) in [4.78, 5) is 26.6. The van der Waals surface area contributed by atoms with Crippen LogP contribution in [-0.4, -0.2) is 52.2 Å². The van der Waals surface area contributed by atoms with Crippen LogP contribution < -0.4 is 15.2 Å². The Morgan fingerprint density at radius 3 is 2.38 bits per heavy atom. The van der Waals surface area contributed by atoms with Crippen LogP contribution in [0.3, 0.4) is 0 Å². The first-order chi connectivity index (χ1) is 21.2. The first kappa shape index (κ1) is 27.9. The van der Waals surface area contributed by atoms with E-state index < -0.39 is 23.3 Å². The van der Waals surface area contributed by atoms with E-state index in [1.165, 1.54) is 35.9 Å². The number of allylic oxidation sites excluding steroid dienone is 1. The van der Waals surface area contributed by atoms with Crippen LogP contribution in [0.25, 0.3) is 34.1 Å². The summed E-state index contributed by atoms with van der Waals surface area (Å²) in [5.74, 6) is -2.13. The molecule has 0 amide bonds. The van der Waals surface area contributed by atoms with Crippen LogP contribution in [0.4, 0.5) is 19.1 Å². The molecule has 0 saturated carbocycles. The van der Waals surface area contributed by atoms with E-state index in [2.05, 4.69) is 24.8 Å². The molecular weight excluding hydrogens is 597 g/mol. The fourth-order valence-electron chi connectivity index (χ4n) is 5.83. The molecule has 1 unspecified atom stereocenters. The third-order valence-corrected chi connectivity index (χ3v) is 8.02. The molecule has 45 heavy (non-hydrogen) atoms. The Morgan fingerprint density at radius 2 is 1.69 bits per heavy atom. The highest BCUT2D eigenvalue weighted by molar-refractivity contribution is 6.14. The first-order valence-corrected chi connectivity index (χ1v) is 13.3. The number of benzene rings is 2. The highest BCUT2D eigenvalue weighted by Gasteiger charge is 2.55. The monoisotopic (exact) mass is 618 g/mol. The lowest BCUT2D eigenvalue weighted by atomic mass is 9.71. The highest BCUT2D eigenvalue weighted by Crippen LogP contribution is 2.60. The number of nitrogens with two attached hydrogens (primary N) is 1. The number of nitrogen functional groups attached to an aromatic ring is 1. The van der Waals surface area contributed by atoms with Crippen LogP contribution in [-0.2, 0) is 5.41 Å². The molecule has 5 N–H and O–H groups in total. The average molecular weight is 619 g/mol. The van der Waals surface area contributed by atoms with E-state index >= 15 is 0 Å². The number of phenols is 2. The third-order valence-electron chi connectivity index (χ3n) is 8.02. The van der Waals surface area contributed by atoms with E-state index in [1.807, 2.05) is 0 Å². The summed E-state index contributed by atoms with van der Waals surface area (Å²) in [6, 6.07) is 7.94. The van der Waals surface area contributed by atoms with Crippen LogP contribution in [0.15, 0.2) is 42.2 Å². The molecule has 4 heterocycles. The number of carbonyl (C=O) groups is 1. The van der Waals surface area contributed by atoms with Gasteiger partial charge in [-0.3, -0.25) is 4.79 Å². The molecule has 1 atom stereocenters. The van der Waals surface area contributed by atoms with Crippen LogP contribution >= 0.6 is 0 Å². The number of fused-ring (bicyclic) bond motifs is 5. The molecule has 5 aromatic rings. The SMILES string of the molecule is Cc1nn(-c2ccc(OC(F)(F)F)cc2)c2c1C(=O)C1(C)C(=C2)Oc2c(-c3ccc4c(O)nc(N)nc4n3)c(O)c(C)c(O)c21. The standard InChI is InChI=1S/C30H21F3N6O6/c1-11-22(40)20(16-9-8-15-26(35-16)36-28(34)37-27(15)43)24-21(23(11)41)29(3)18(44-24)10-17-19(25(29)42)12(2)38-39(17)13-4-6-14(7-5-13)45-30(31,32)33/h4-10,40-41H,1-3H3,(H3,34,35,36,37,43). The van der Waals surface area contributed by atoms with Gasteiger partial charge >= 0.3 is 6.36 Å². The number of pyridine rings is 1. The molecule has 0 fully saturated rings. The van der Waals surface area contributed by atoms with Gasteiger partial charge in [-0.15, -0.1) is 13.2 Å². The Kier molecular flexibility index (Phi) is 5.63. The van der Waals surface area contributed by atoms with Crippen LogP contribution in [0.5, 0.6) is 28.9 Å². The van der Waals surface area contributed by atoms with Crippen molar-refractivity contribution in [2.75, 3.05) is 5.73 Å². The van der Waals surface area contributed by atoms with Gasteiger partial charge in [0, 0.05) is 11.6 Å². The molecule has 15 heteroatoms. The van der Waals surface area contributed by atoms with Gasteiger partial charge in [0.05, 0.1) is 44.8 Å². The van der Waals surface area contributed by atoms with Gasteiger partial charge in [-0.25, -0.2) is 9.67 Å². The smallest absolute Gasteiger partial charge is 0.507 e. The van der Waals surface area contributed by atoms with E-state index in [-0.39, 0.29) is 73.8 Å². The number of nitrogens with zero attached hydrogens (tertiary/aromatic N) is 5. The lowest BCUT2D eigenvalue weighted by Crippen LogP contribution is -2.36. The summed E-state index contributed by atoms with van der Waals surface area (Å²) < 4.78 is 49.6. The molecule has 1 aliphatic carbocycles. The summed E-state index contributed by atoms with van der Waals surface area (Å²) in [6.07, 6.45) is -3.30. The molecule has 3 aromatic heterocycles. The summed E-state index contributed by atoms with van der Waals surface area (Å²) in [7, 11) is 0.